The lowest BCUT2D eigenvalue weighted by atomic mass is 10.1. The second-order valence-electron chi connectivity index (χ2n) is 25.9. The van der Waals surface area contributed by atoms with Gasteiger partial charge in [-0.1, -0.05) is 186 Å². The Morgan fingerprint density at radius 3 is 1.01 bits per heavy atom. The lowest BCUT2D eigenvalue weighted by Gasteiger charge is -2.44. The lowest BCUT2D eigenvalue weighted by Crippen LogP contribution is -2.71. The van der Waals surface area contributed by atoms with Crippen molar-refractivity contribution in [2.45, 2.75) is 187 Å². The van der Waals surface area contributed by atoms with Crippen LogP contribution in [0.15, 0.2) is 158 Å². The van der Waals surface area contributed by atoms with Crippen molar-refractivity contribution < 1.29 is 44.7 Å². The summed E-state index contributed by atoms with van der Waals surface area (Å²) in [5, 5.41) is 34.0. The van der Waals surface area contributed by atoms with Crippen molar-refractivity contribution in [3.8, 4) is 17.2 Å². The molecule has 0 unspecified atom stereocenters. The highest BCUT2D eigenvalue weighted by molar-refractivity contribution is 7.03. The zero-order valence-corrected chi connectivity index (χ0v) is 61.8. The number of hydrogen-bond donors (Lipinski definition) is 3. The van der Waals surface area contributed by atoms with Crippen LogP contribution in [0, 0.1) is 0 Å². The second kappa shape index (κ2) is 32.4. The first kappa shape index (κ1) is 70.9. The van der Waals surface area contributed by atoms with E-state index in [4.69, 9.17) is 29.4 Å². The summed E-state index contributed by atoms with van der Waals surface area (Å²) in [7, 11) is -18.3. The molecule has 6 rings (SSSR count). The maximum Gasteiger partial charge on any atom is 0.388 e. The van der Waals surface area contributed by atoms with Crippen LogP contribution in [0.5, 0.6) is 17.2 Å². The molecule has 0 saturated heterocycles. The van der Waals surface area contributed by atoms with Crippen molar-refractivity contribution in [1.82, 2.24) is 0 Å². The number of benzene rings is 6. The van der Waals surface area contributed by atoms with Gasteiger partial charge in [-0.2, -0.15) is 0 Å². The van der Waals surface area contributed by atoms with Gasteiger partial charge in [0, 0.05) is 5.56 Å². The number of rotatable bonds is 34. The van der Waals surface area contributed by atoms with E-state index in [1.807, 2.05) is 24.3 Å². The average molecular weight is 1280 g/mol. The van der Waals surface area contributed by atoms with E-state index in [2.05, 4.69) is 214 Å². The summed E-state index contributed by atoms with van der Waals surface area (Å²) in [5.41, 5.74) is 2.85. The number of phenolic OH excluding ortho intramolecular Hbond substituents is 1. The fraction of sp³-hybridized carbons (Fsp3) is 0.455. The van der Waals surface area contributed by atoms with Gasteiger partial charge in [0.15, 0.2) is 44.8 Å². The molecule has 0 amide bonds. The summed E-state index contributed by atoms with van der Waals surface area (Å²) in [5.74, 6) is 0.831. The first-order chi connectivity index (χ1) is 39.6. The number of unbranched alkanes of at least 4 members (excludes halogenated alkanes) is 4. The molecule has 6 aromatic carbocycles. The monoisotopic (exact) mass is 1280 g/mol. The highest BCUT2D eigenvalue weighted by Crippen LogP contribution is 2.33. The molecule has 460 valence electrons. The topological polar surface area (TPSA) is 125 Å². The minimum absolute atomic E-state index is 0.146. The molecule has 6 aromatic rings. The second-order valence-corrected chi connectivity index (χ2v) is 57.2. The number of aliphatic hydroxyl groups is 1. The summed E-state index contributed by atoms with van der Waals surface area (Å²) in [6, 6.07) is 57.8. The Morgan fingerprint density at radius 1 is 0.357 bits per heavy atom. The summed E-state index contributed by atoms with van der Waals surface area (Å²) in [6.45, 7) is 31.8. The van der Waals surface area contributed by atoms with Crippen molar-refractivity contribution in [2.75, 3.05) is 7.11 Å². The lowest BCUT2D eigenvalue weighted by molar-refractivity contribution is 0.275. The van der Waals surface area contributed by atoms with E-state index in [-0.39, 0.29) is 18.1 Å². The van der Waals surface area contributed by atoms with Gasteiger partial charge in [-0.05, 0) is 185 Å². The van der Waals surface area contributed by atoms with Gasteiger partial charge in [0.2, 0.25) is 0 Å². The standard InChI is InChI=1S/2C33H52O5Si4/c1-9-10-17-26-39(3,4)36-41(7,8)38-42(30-20-13-11-14-21-30,31-22-15-12-16-23-31)37-40(5,6)27-18-19-29-24-25-32(34)33(28-29)35-2;1-8-9-16-25-40(4,5)37-42(31-19-12-10-13-20-31,32-21-14-11-15-22-32)38-41(6,7)36-39(2,3)26-17-18-29-23-24-33(35)30(27-29)28-34/h11-16,20-25,28,34H,9-10,17-19,26-27H2,1-8H3;10-15,19-24,27,34-35H,8-9,16-18,25-26,28H2,1-7H3. The summed E-state index contributed by atoms with van der Waals surface area (Å²) in [4.78, 5) is 0. The third-order valence-electron chi connectivity index (χ3n) is 15.1. The van der Waals surface area contributed by atoms with Crippen LogP contribution in [0.25, 0.3) is 0 Å². The molecule has 3 N–H and O–H groups in total. The molecule has 0 fully saturated rings. The third kappa shape index (κ3) is 22.4. The molecule has 0 aliphatic heterocycles. The first-order valence-corrected chi connectivity index (χ1v) is 52.6. The van der Waals surface area contributed by atoms with Crippen LogP contribution in [-0.4, -0.2) is 89.9 Å². The van der Waals surface area contributed by atoms with Crippen LogP contribution < -0.4 is 25.5 Å². The summed E-state index contributed by atoms with van der Waals surface area (Å²) >= 11 is 0. The number of hydrogen-bond acceptors (Lipinski definition) is 10. The predicted molar refractivity (Wildman–Crippen MR) is 371 cm³/mol. The van der Waals surface area contributed by atoms with Gasteiger partial charge in [0.05, 0.1) is 13.7 Å². The van der Waals surface area contributed by atoms with E-state index in [1.54, 1.807) is 19.2 Å². The zero-order chi connectivity index (χ0) is 61.7. The number of aryl methyl sites for hydroxylation is 2. The van der Waals surface area contributed by atoms with Crippen LogP contribution in [0.4, 0.5) is 0 Å². The molecule has 0 aromatic heterocycles. The molecule has 0 atom stereocenters. The fourth-order valence-corrected chi connectivity index (χ4v) is 48.8. The SMILES string of the molecule is CCCCC[Si](C)(C)O[Si](C)(C)O[Si](O[Si](C)(C)CCCc1ccc(O)c(OC)c1)(c1ccccc1)c1ccccc1.CCCCC[Si](C)(C)O[Si](O[Si](C)(C)O[Si](C)(C)CCCc1ccc(O)c(CO)c1)(c1ccccc1)c1ccccc1. The minimum atomic E-state index is -3.14. The Bertz CT molecular complexity index is 2780. The van der Waals surface area contributed by atoms with Gasteiger partial charge < -0.3 is 44.7 Å². The Morgan fingerprint density at radius 2 is 0.679 bits per heavy atom. The number of phenols is 2. The van der Waals surface area contributed by atoms with Gasteiger partial charge >= 0.3 is 34.2 Å². The Labute approximate surface area is 515 Å². The highest BCUT2D eigenvalue weighted by Gasteiger charge is 2.54. The van der Waals surface area contributed by atoms with Gasteiger partial charge in [0.1, 0.15) is 5.75 Å². The van der Waals surface area contributed by atoms with Gasteiger partial charge in [-0.15, -0.1) is 0 Å². The van der Waals surface area contributed by atoms with E-state index in [0.29, 0.717) is 11.3 Å². The summed E-state index contributed by atoms with van der Waals surface area (Å²) in [6.07, 6.45) is 11.0. The average Bonchev–Trinajstić information content (AvgIpc) is 1.54. The van der Waals surface area contributed by atoms with Crippen LogP contribution in [0.1, 0.15) is 81.9 Å². The van der Waals surface area contributed by atoms with Crippen molar-refractivity contribution in [3.05, 3.63) is 174 Å². The third-order valence-corrected chi connectivity index (χ3v) is 47.0. The van der Waals surface area contributed by atoms with Crippen LogP contribution in [-0.2, 0) is 44.1 Å². The smallest absolute Gasteiger partial charge is 0.388 e. The van der Waals surface area contributed by atoms with Gasteiger partial charge in [0.25, 0.3) is 0 Å². The first-order valence-electron chi connectivity index (χ1n) is 30.8. The van der Waals surface area contributed by atoms with Gasteiger partial charge in [-0.25, -0.2) is 0 Å². The van der Waals surface area contributed by atoms with Crippen LogP contribution in [0.3, 0.4) is 0 Å². The van der Waals surface area contributed by atoms with E-state index in [1.165, 1.54) is 38.5 Å². The number of ether oxygens (including phenoxy) is 1. The molecular formula is C66H104O10Si8. The molecule has 84 heavy (non-hydrogen) atoms. The Balaban J connectivity index is 0.000000307. The quantitative estimate of drug-likeness (QED) is 0.0266. The predicted octanol–water partition coefficient (Wildman–Crippen LogP) is 15.4. The molecule has 0 radical (unpaired) electrons. The van der Waals surface area contributed by atoms with Crippen LogP contribution >= 0.6 is 0 Å². The van der Waals surface area contributed by atoms with Crippen molar-refractivity contribution in [3.63, 3.8) is 0 Å². The largest absolute Gasteiger partial charge is 0.508 e. The maximum atomic E-state index is 10.00. The maximum absolute atomic E-state index is 10.00. The van der Waals surface area contributed by atoms with Crippen LogP contribution in [0.2, 0.25) is 103 Å². The highest BCUT2D eigenvalue weighted by atomic mass is 28.5. The molecule has 0 aliphatic rings. The molecule has 0 spiro atoms. The molecule has 0 aliphatic carbocycles. The molecular weight excluding hydrogens is 1180 g/mol. The number of aliphatic hydroxyl groups excluding tert-OH is 1. The zero-order valence-electron chi connectivity index (χ0n) is 53.8. The minimum Gasteiger partial charge on any atom is -0.508 e. The number of aromatic hydroxyl groups is 2. The van der Waals surface area contributed by atoms with Crippen molar-refractivity contribution >= 4 is 88.3 Å². The fourth-order valence-electron chi connectivity index (χ4n) is 11.4. The summed E-state index contributed by atoms with van der Waals surface area (Å²) < 4.78 is 49.3. The molecule has 0 saturated carbocycles. The normalized spacial score (nSPS) is 12.9. The van der Waals surface area contributed by atoms with Crippen molar-refractivity contribution in [1.29, 1.82) is 0 Å². The Hall–Kier alpha value is -3.82. The van der Waals surface area contributed by atoms with E-state index >= 15 is 0 Å². The molecule has 0 heterocycles. The number of methoxy groups -OCH3 is 1. The van der Waals surface area contributed by atoms with E-state index < -0.39 is 67.5 Å². The molecule has 18 heteroatoms. The Kier molecular flexibility index (Phi) is 27.4. The molecule has 0 bridgehead atoms. The van der Waals surface area contributed by atoms with E-state index in [0.717, 1.165) is 81.7 Å². The van der Waals surface area contributed by atoms with Gasteiger partial charge in [-0.3, -0.25) is 0 Å². The van der Waals surface area contributed by atoms with Crippen molar-refractivity contribution in [2.24, 2.45) is 0 Å². The molecule has 10 nitrogen and oxygen atoms in total. The van der Waals surface area contributed by atoms with E-state index in [9.17, 15) is 15.3 Å².